The first kappa shape index (κ1) is 36.7. The van der Waals surface area contributed by atoms with Gasteiger partial charge in [-0.25, -0.2) is 9.97 Å². The highest BCUT2D eigenvalue weighted by atomic mass is 32.1. The van der Waals surface area contributed by atoms with Crippen LogP contribution in [-0.2, 0) is 21.4 Å². The molecule has 2 heterocycles. The summed E-state index contributed by atoms with van der Waals surface area (Å²) in [5, 5.41) is 15.1. The Morgan fingerprint density at radius 1 is 0.880 bits per heavy atom. The zero-order valence-electron chi connectivity index (χ0n) is 29.4. The number of rotatable bonds is 16. The molecule has 2 aromatic heterocycles. The van der Waals surface area contributed by atoms with Crippen molar-refractivity contribution < 1.29 is 24.2 Å². The summed E-state index contributed by atoms with van der Waals surface area (Å²) in [5.74, 6) is -0.505. The molecule has 50 heavy (non-hydrogen) atoms. The Kier molecular flexibility index (Phi) is 12.4. The zero-order valence-corrected chi connectivity index (χ0v) is 30.2. The molecule has 4 aromatic rings. The van der Waals surface area contributed by atoms with E-state index in [9.17, 15) is 19.5 Å². The number of carbonyl (C=O) groups excluding carboxylic acids is 2. The summed E-state index contributed by atoms with van der Waals surface area (Å²) in [5.41, 5.74) is 3.50. The smallest absolute Gasteiger partial charge is 0.306 e. The first-order valence-electron chi connectivity index (χ1n) is 17.6. The molecule has 10 heteroatoms. The molecule has 5 rings (SSSR count). The second kappa shape index (κ2) is 16.9. The van der Waals surface area contributed by atoms with Crippen LogP contribution in [0.4, 0.5) is 0 Å². The second-order valence-corrected chi connectivity index (χ2v) is 15.2. The molecule has 3 N–H and O–H groups in total. The van der Waals surface area contributed by atoms with Gasteiger partial charge in [-0.2, -0.15) is 0 Å². The van der Waals surface area contributed by atoms with Crippen molar-refractivity contribution in [3.05, 3.63) is 88.4 Å². The molecular formula is C40H48N4O5S. The maximum absolute atomic E-state index is 13.4. The SMILES string of the molecule is CCCCCCCOc1ccc(-c2cnc(-c3ccc(CC(NC(=O)c4ccc(C(C)(C)C)s4)C(=O)NC4CC(C(=O)O)C4)cc3)nc2)cc1. The molecular weight excluding hydrogens is 649 g/mol. The molecule has 0 saturated heterocycles. The number of thiophene rings is 1. The Balaban J connectivity index is 1.21. The number of ether oxygens (including phenoxy) is 1. The van der Waals surface area contributed by atoms with Gasteiger partial charge in [0.25, 0.3) is 5.91 Å². The molecule has 2 amide bonds. The van der Waals surface area contributed by atoms with Gasteiger partial charge in [-0.3, -0.25) is 14.4 Å². The van der Waals surface area contributed by atoms with Gasteiger partial charge in [0.2, 0.25) is 5.91 Å². The van der Waals surface area contributed by atoms with E-state index in [1.807, 2.05) is 54.6 Å². The van der Waals surface area contributed by atoms with Gasteiger partial charge in [-0.15, -0.1) is 11.3 Å². The first-order valence-corrected chi connectivity index (χ1v) is 18.4. The number of unbranched alkanes of at least 4 members (excludes halogenated alkanes) is 4. The highest BCUT2D eigenvalue weighted by Gasteiger charge is 2.36. The normalized spacial score (nSPS) is 16.2. The minimum atomic E-state index is -0.853. The average molecular weight is 697 g/mol. The number of benzene rings is 2. The number of carbonyl (C=O) groups is 3. The van der Waals surface area contributed by atoms with E-state index in [2.05, 4.69) is 48.3 Å². The van der Waals surface area contributed by atoms with Crippen molar-refractivity contribution in [2.24, 2.45) is 5.92 Å². The minimum absolute atomic E-state index is 0.0929. The van der Waals surface area contributed by atoms with Crippen LogP contribution in [0, 0.1) is 5.92 Å². The molecule has 1 unspecified atom stereocenters. The summed E-state index contributed by atoms with van der Waals surface area (Å²) in [6.45, 7) is 9.22. The minimum Gasteiger partial charge on any atom is -0.494 e. The molecule has 2 aromatic carbocycles. The third kappa shape index (κ3) is 10.00. The van der Waals surface area contributed by atoms with Gasteiger partial charge in [0, 0.05) is 40.9 Å². The predicted molar refractivity (Wildman–Crippen MR) is 197 cm³/mol. The number of carboxylic acids is 1. The summed E-state index contributed by atoms with van der Waals surface area (Å²) in [6, 6.07) is 18.3. The number of hydrogen-bond acceptors (Lipinski definition) is 7. The van der Waals surface area contributed by atoms with Crippen LogP contribution >= 0.6 is 11.3 Å². The fourth-order valence-electron chi connectivity index (χ4n) is 5.83. The maximum Gasteiger partial charge on any atom is 0.306 e. The monoisotopic (exact) mass is 696 g/mol. The van der Waals surface area contributed by atoms with Gasteiger partial charge in [0.15, 0.2) is 5.82 Å². The number of aromatic nitrogens is 2. The summed E-state index contributed by atoms with van der Waals surface area (Å²) < 4.78 is 5.89. The molecule has 1 atom stereocenters. The van der Waals surface area contributed by atoms with Crippen molar-refractivity contribution in [1.29, 1.82) is 0 Å². The van der Waals surface area contributed by atoms with E-state index in [4.69, 9.17) is 4.74 Å². The number of amides is 2. The standard InChI is InChI=1S/C40H48N4O5S/c1-5-6-7-8-9-20-49-32-16-14-27(15-17-32)30-24-41-36(42-25-30)28-12-10-26(11-13-28)21-33(37(45)43-31-22-29(23-31)39(47)48)44-38(46)34-18-19-35(50-34)40(2,3)4/h10-19,24-25,29,31,33H,5-9,20-23H2,1-4H3,(H,43,45)(H,44,46)(H,47,48). The number of nitrogens with one attached hydrogen (secondary N) is 2. The molecule has 0 bridgehead atoms. The lowest BCUT2D eigenvalue weighted by atomic mass is 9.80. The number of aliphatic carboxylic acids is 1. The molecule has 1 saturated carbocycles. The summed E-state index contributed by atoms with van der Waals surface area (Å²) >= 11 is 1.42. The van der Waals surface area contributed by atoms with Crippen molar-refractivity contribution in [3.63, 3.8) is 0 Å². The van der Waals surface area contributed by atoms with Crippen LogP contribution in [-0.4, -0.2) is 51.5 Å². The van der Waals surface area contributed by atoms with Crippen LogP contribution in [0.15, 0.2) is 73.1 Å². The van der Waals surface area contributed by atoms with Gasteiger partial charge < -0.3 is 20.5 Å². The lowest BCUT2D eigenvalue weighted by molar-refractivity contribution is -0.146. The quantitative estimate of drug-likeness (QED) is 0.102. The van der Waals surface area contributed by atoms with Crippen molar-refractivity contribution in [2.75, 3.05) is 6.61 Å². The van der Waals surface area contributed by atoms with Crippen LogP contribution in [0.25, 0.3) is 22.5 Å². The lowest BCUT2D eigenvalue weighted by Crippen LogP contribution is -2.54. The van der Waals surface area contributed by atoms with Gasteiger partial charge in [0.05, 0.1) is 17.4 Å². The van der Waals surface area contributed by atoms with E-state index in [-0.39, 0.29) is 29.7 Å². The Hall–Kier alpha value is -4.57. The molecule has 9 nitrogen and oxygen atoms in total. The fourth-order valence-corrected chi connectivity index (χ4v) is 6.80. The summed E-state index contributed by atoms with van der Waals surface area (Å²) in [4.78, 5) is 48.8. The van der Waals surface area contributed by atoms with E-state index in [0.717, 1.165) is 45.9 Å². The Labute approximate surface area is 298 Å². The first-order chi connectivity index (χ1) is 24.0. The third-order valence-electron chi connectivity index (χ3n) is 9.03. The zero-order chi connectivity index (χ0) is 35.7. The van der Waals surface area contributed by atoms with Crippen LogP contribution < -0.4 is 15.4 Å². The largest absolute Gasteiger partial charge is 0.494 e. The third-order valence-corrected chi connectivity index (χ3v) is 10.5. The molecule has 0 radical (unpaired) electrons. The number of nitrogens with zero attached hydrogens (tertiary/aromatic N) is 2. The predicted octanol–water partition coefficient (Wildman–Crippen LogP) is 7.84. The van der Waals surface area contributed by atoms with Crippen molar-refractivity contribution in [1.82, 2.24) is 20.6 Å². The summed E-state index contributed by atoms with van der Waals surface area (Å²) in [6.07, 6.45) is 10.7. The Morgan fingerprint density at radius 2 is 1.54 bits per heavy atom. The highest BCUT2D eigenvalue weighted by Crippen LogP contribution is 2.30. The van der Waals surface area contributed by atoms with E-state index >= 15 is 0 Å². The molecule has 0 aliphatic heterocycles. The Bertz CT molecular complexity index is 1720. The molecule has 1 aliphatic carbocycles. The van der Waals surface area contributed by atoms with E-state index in [1.165, 1.54) is 37.0 Å². The molecule has 1 fully saturated rings. The van der Waals surface area contributed by atoms with Gasteiger partial charge in [-0.05, 0) is 60.1 Å². The van der Waals surface area contributed by atoms with Crippen LogP contribution in [0.3, 0.4) is 0 Å². The second-order valence-electron chi connectivity index (χ2n) is 14.1. The number of hydrogen-bond donors (Lipinski definition) is 3. The fraction of sp³-hybridized carbons (Fsp3) is 0.425. The Morgan fingerprint density at radius 3 is 2.16 bits per heavy atom. The lowest BCUT2D eigenvalue weighted by Gasteiger charge is -2.34. The summed E-state index contributed by atoms with van der Waals surface area (Å²) in [7, 11) is 0. The maximum atomic E-state index is 13.4. The van der Waals surface area contributed by atoms with E-state index in [0.29, 0.717) is 23.5 Å². The topological polar surface area (TPSA) is 131 Å². The van der Waals surface area contributed by atoms with Crippen molar-refractivity contribution in [2.45, 2.75) is 96.6 Å². The van der Waals surface area contributed by atoms with Gasteiger partial charge in [0.1, 0.15) is 11.8 Å². The van der Waals surface area contributed by atoms with Crippen LogP contribution in [0.1, 0.15) is 92.8 Å². The van der Waals surface area contributed by atoms with Crippen molar-refractivity contribution >= 4 is 29.1 Å². The van der Waals surface area contributed by atoms with Crippen LogP contribution in [0.5, 0.6) is 5.75 Å². The molecule has 264 valence electrons. The molecule has 1 aliphatic rings. The van der Waals surface area contributed by atoms with Crippen LogP contribution in [0.2, 0.25) is 0 Å². The number of carboxylic acid groups (broad SMARTS) is 1. The van der Waals surface area contributed by atoms with Gasteiger partial charge in [-0.1, -0.05) is 89.8 Å². The average Bonchev–Trinajstić information content (AvgIpc) is 3.60. The van der Waals surface area contributed by atoms with E-state index in [1.54, 1.807) is 18.5 Å². The highest BCUT2D eigenvalue weighted by molar-refractivity contribution is 7.14. The van der Waals surface area contributed by atoms with Crippen molar-refractivity contribution in [3.8, 4) is 28.3 Å². The van der Waals surface area contributed by atoms with E-state index < -0.39 is 17.9 Å². The van der Waals surface area contributed by atoms with Gasteiger partial charge >= 0.3 is 5.97 Å². The molecule has 0 spiro atoms.